The number of nitrogens with zero attached hydrogens (tertiary/aromatic N) is 1. The van der Waals surface area contributed by atoms with Gasteiger partial charge in [-0.25, -0.2) is 0 Å². The molecule has 0 radical (unpaired) electrons. The van der Waals surface area contributed by atoms with Crippen molar-refractivity contribution in [2.24, 2.45) is 5.73 Å². The van der Waals surface area contributed by atoms with Crippen molar-refractivity contribution >= 4 is 23.4 Å². The SMILES string of the molecule is COC(=O)C(N)CSCCc1ccccc1[N+](=O)[O-]. The Labute approximate surface area is 115 Å². The number of carbonyl (C=O) groups is 1. The summed E-state index contributed by atoms with van der Waals surface area (Å²) >= 11 is 1.47. The number of thioether (sulfide) groups is 1. The third-order valence-corrected chi connectivity index (χ3v) is 3.59. The highest BCUT2D eigenvalue weighted by Crippen LogP contribution is 2.19. The van der Waals surface area contributed by atoms with E-state index in [1.54, 1.807) is 18.2 Å². The van der Waals surface area contributed by atoms with E-state index in [4.69, 9.17) is 5.73 Å². The van der Waals surface area contributed by atoms with Crippen molar-refractivity contribution < 1.29 is 14.5 Å². The average molecular weight is 284 g/mol. The average Bonchev–Trinajstić information content (AvgIpc) is 2.42. The molecule has 0 aliphatic carbocycles. The van der Waals surface area contributed by atoms with Crippen LogP contribution in [0.5, 0.6) is 0 Å². The van der Waals surface area contributed by atoms with Crippen LogP contribution in [0.4, 0.5) is 5.69 Å². The van der Waals surface area contributed by atoms with Crippen LogP contribution in [-0.4, -0.2) is 35.5 Å². The molecule has 2 N–H and O–H groups in total. The summed E-state index contributed by atoms with van der Waals surface area (Å²) in [4.78, 5) is 21.5. The largest absolute Gasteiger partial charge is 0.468 e. The fourth-order valence-corrected chi connectivity index (χ4v) is 2.43. The number of benzene rings is 1. The minimum absolute atomic E-state index is 0.125. The predicted molar refractivity (Wildman–Crippen MR) is 74.1 cm³/mol. The molecular weight excluding hydrogens is 268 g/mol. The number of hydrogen-bond donors (Lipinski definition) is 1. The molecule has 0 saturated carbocycles. The molecule has 0 heterocycles. The molecule has 1 aromatic carbocycles. The molecule has 0 saturated heterocycles. The van der Waals surface area contributed by atoms with E-state index in [2.05, 4.69) is 4.74 Å². The third-order valence-electron chi connectivity index (χ3n) is 2.51. The van der Waals surface area contributed by atoms with E-state index in [1.807, 2.05) is 0 Å². The van der Waals surface area contributed by atoms with E-state index >= 15 is 0 Å². The van der Waals surface area contributed by atoms with Crippen molar-refractivity contribution in [3.05, 3.63) is 39.9 Å². The Morgan fingerprint density at radius 1 is 1.53 bits per heavy atom. The lowest BCUT2D eigenvalue weighted by atomic mass is 10.1. The second-order valence-electron chi connectivity index (χ2n) is 3.84. The Balaban J connectivity index is 2.42. The molecule has 1 atom stereocenters. The first-order valence-corrected chi connectivity index (χ1v) is 6.85. The highest BCUT2D eigenvalue weighted by atomic mass is 32.2. The molecule has 7 heteroatoms. The molecule has 1 unspecified atom stereocenters. The molecule has 19 heavy (non-hydrogen) atoms. The fraction of sp³-hybridized carbons (Fsp3) is 0.417. The number of nitrogens with two attached hydrogens (primary N) is 1. The van der Waals surface area contributed by atoms with Crippen LogP contribution < -0.4 is 5.73 Å². The summed E-state index contributed by atoms with van der Waals surface area (Å²) in [5.41, 5.74) is 6.39. The minimum Gasteiger partial charge on any atom is -0.468 e. The number of esters is 1. The van der Waals surface area contributed by atoms with Crippen molar-refractivity contribution in [2.75, 3.05) is 18.6 Å². The number of aryl methyl sites for hydroxylation is 1. The van der Waals surface area contributed by atoms with Crippen molar-refractivity contribution in [1.29, 1.82) is 0 Å². The standard InChI is InChI=1S/C12H16N2O4S/c1-18-12(15)10(13)8-19-7-6-9-4-2-3-5-11(9)14(16)17/h2-5,10H,6-8,13H2,1H3. The normalized spacial score (nSPS) is 11.9. The van der Waals surface area contributed by atoms with Gasteiger partial charge in [0, 0.05) is 17.4 Å². The molecule has 1 rings (SSSR count). The van der Waals surface area contributed by atoms with Gasteiger partial charge in [0.1, 0.15) is 6.04 Å². The van der Waals surface area contributed by atoms with Gasteiger partial charge in [0.2, 0.25) is 0 Å². The molecule has 0 aliphatic rings. The van der Waals surface area contributed by atoms with Gasteiger partial charge in [0.15, 0.2) is 0 Å². The van der Waals surface area contributed by atoms with Gasteiger partial charge in [-0.1, -0.05) is 18.2 Å². The number of carbonyl (C=O) groups excluding carboxylic acids is 1. The fourth-order valence-electron chi connectivity index (χ4n) is 1.51. The van der Waals surface area contributed by atoms with Crippen molar-refractivity contribution in [2.45, 2.75) is 12.5 Å². The molecule has 0 aliphatic heterocycles. The van der Waals surface area contributed by atoms with Gasteiger partial charge in [-0.05, 0) is 12.2 Å². The quantitative estimate of drug-likeness (QED) is 0.351. The van der Waals surface area contributed by atoms with Gasteiger partial charge in [-0.15, -0.1) is 0 Å². The van der Waals surface area contributed by atoms with Crippen LogP contribution in [0.2, 0.25) is 0 Å². The van der Waals surface area contributed by atoms with Crippen LogP contribution in [0.25, 0.3) is 0 Å². The monoisotopic (exact) mass is 284 g/mol. The van der Waals surface area contributed by atoms with Crippen LogP contribution >= 0.6 is 11.8 Å². The first-order chi connectivity index (χ1) is 9.06. The van der Waals surface area contributed by atoms with Gasteiger partial charge in [0.05, 0.1) is 12.0 Å². The van der Waals surface area contributed by atoms with E-state index in [0.29, 0.717) is 23.5 Å². The highest BCUT2D eigenvalue weighted by molar-refractivity contribution is 7.99. The smallest absolute Gasteiger partial charge is 0.323 e. The van der Waals surface area contributed by atoms with Gasteiger partial charge >= 0.3 is 5.97 Å². The van der Waals surface area contributed by atoms with Gasteiger partial charge in [0.25, 0.3) is 5.69 Å². The lowest BCUT2D eigenvalue weighted by Gasteiger charge is -2.08. The lowest BCUT2D eigenvalue weighted by Crippen LogP contribution is -2.34. The number of para-hydroxylation sites is 1. The van der Waals surface area contributed by atoms with Crippen LogP contribution in [0, 0.1) is 10.1 Å². The summed E-state index contributed by atoms with van der Waals surface area (Å²) in [6.07, 6.45) is 0.565. The number of ether oxygens (including phenoxy) is 1. The molecule has 0 bridgehead atoms. The number of hydrogen-bond acceptors (Lipinski definition) is 6. The number of methoxy groups -OCH3 is 1. The van der Waals surface area contributed by atoms with Crippen LogP contribution in [-0.2, 0) is 16.0 Å². The molecular formula is C12H16N2O4S. The van der Waals surface area contributed by atoms with Crippen molar-refractivity contribution in [3.8, 4) is 0 Å². The Morgan fingerprint density at radius 2 is 2.21 bits per heavy atom. The van der Waals surface area contributed by atoms with Gasteiger partial charge in [-0.2, -0.15) is 11.8 Å². The summed E-state index contributed by atoms with van der Waals surface area (Å²) in [7, 11) is 1.29. The second-order valence-corrected chi connectivity index (χ2v) is 4.99. The summed E-state index contributed by atoms with van der Waals surface area (Å²) in [6, 6.07) is 5.98. The lowest BCUT2D eigenvalue weighted by molar-refractivity contribution is -0.385. The molecule has 0 amide bonds. The van der Waals surface area contributed by atoms with Gasteiger partial charge in [-0.3, -0.25) is 14.9 Å². The van der Waals surface area contributed by atoms with E-state index in [9.17, 15) is 14.9 Å². The van der Waals surface area contributed by atoms with Crippen LogP contribution in [0.3, 0.4) is 0 Å². The molecule has 1 aromatic rings. The zero-order valence-electron chi connectivity index (χ0n) is 10.6. The van der Waals surface area contributed by atoms with Crippen molar-refractivity contribution in [1.82, 2.24) is 0 Å². The molecule has 0 aromatic heterocycles. The van der Waals surface area contributed by atoms with Crippen LogP contribution in [0.1, 0.15) is 5.56 Å². The Hall–Kier alpha value is -1.60. The summed E-state index contributed by atoms with van der Waals surface area (Å²) in [5, 5.41) is 10.8. The minimum atomic E-state index is -0.652. The molecule has 0 spiro atoms. The summed E-state index contributed by atoms with van der Waals surface area (Å²) in [6.45, 7) is 0. The van der Waals surface area contributed by atoms with Crippen molar-refractivity contribution in [3.63, 3.8) is 0 Å². The summed E-state index contributed by atoms with van der Waals surface area (Å²) in [5.74, 6) is 0.654. The molecule has 6 nitrogen and oxygen atoms in total. The Bertz CT molecular complexity index is 453. The predicted octanol–water partition coefficient (Wildman–Crippen LogP) is 1.37. The molecule has 0 fully saturated rings. The number of nitro benzene ring substituents is 1. The maximum atomic E-state index is 11.1. The maximum absolute atomic E-state index is 11.1. The van der Waals surface area contributed by atoms with E-state index in [1.165, 1.54) is 24.9 Å². The molecule has 104 valence electrons. The zero-order valence-corrected chi connectivity index (χ0v) is 11.4. The third kappa shape index (κ3) is 4.88. The van der Waals surface area contributed by atoms with Crippen LogP contribution in [0.15, 0.2) is 24.3 Å². The highest BCUT2D eigenvalue weighted by Gasteiger charge is 2.14. The first kappa shape index (κ1) is 15.5. The van der Waals surface area contributed by atoms with E-state index in [0.717, 1.165) is 0 Å². The summed E-state index contributed by atoms with van der Waals surface area (Å²) < 4.78 is 4.51. The van der Waals surface area contributed by atoms with E-state index in [-0.39, 0.29) is 10.6 Å². The van der Waals surface area contributed by atoms with E-state index < -0.39 is 12.0 Å². The zero-order chi connectivity index (χ0) is 14.3. The number of nitro groups is 1. The van der Waals surface area contributed by atoms with Gasteiger partial charge < -0.3 is 10.5 Å². The second kappa shape index (κ2) is 7.75. The first-order valence-electron chi connectivity index (χ1n) is 5.69. The topological polar surface area (TPSA) is 95.5 Å². The Morgan fingerprint density at radius 3 is 2.84 bits per heavy atom. The Kier molecular flexibility index (Phi) is 6.31. The number of rotatable bonds is 7. The maximum Gasteiger partial charge on any atom is 0.323 e.